The largest absolute Gasteiger partial charge is 0.481 e. The van der Waals surface area contributed by atoms with E-state index >= 15 is 0 Å². The van der Waals surface area contributed by atoms with Gasteiger partial charge < -0.3 is 10.2 Å². The summed E-state index contributed by atoms with van der Waals surface area (Å²) >= 11 is 1.25. The Morgan fingerprint density at radius 2 is 1.40 bits per heavy atom. The summed E-state index contributed by atoms with van der Waals surface area (Å²) in [7, 11) is 0. The molecule has 0 bridgehead atoms. The molecule has 118 valence electrons. The molecule has 0 aromatic carbocycles. The summed E-state index contributed by atoms with van der Waals surface area (Å²) in [5.41, 5.74) is 0. The Morgan fingerprint density at radius 3 is 1.85 bits per heavy atom. The zero-order chi connectivity index (χ0) is 15.2. The lowest BCUT2D eigenvalue weighted by molar-refractivity contribution is -0.142. The van der Waals surface area contributed by atoms with Crippen molar-refractivity contribution in [3.8, 4) is 0 Å². The third-order valence-electron chi connectivity index (χ3n) is 3.20. The molecule has 5 heteroatoms. The number of hydrogen-bond acceptors (Lipinski definition) is 3. The lowest BCUT2D eigenvalue weighted by atomic mass is 10.1. The number of carboxylic acid groups (broad SMARTS) is 2. The number of rotatable bonds is 14. The average Bonchev–Trinajstić information content (AvgIpc) is 2.39. The van der Waals surface area contributed by atoms with Gasteiger partial charge in [0.1, 0.15) is 5.25 Å². The van der Waals surface area contributed by atoms with Gasteiger partial charge in [-0.15, -0.1) is 11.8 Å². The molecule has 0 rings (SSSR count). The molecule has 0 aromatic heterocycles. The predicted octanol–water partition coefficient (Wildman–Crippen LogP) is 4.18. The van der Waals surface area contributed by atoms with Gasteiger partial charge in [0.15, 0.2) is 0 Å². The van der Waals surface area contributed by atoms with Gasteiger partial charge in [-0.25, -0.2) is 0 Å². The van der Waals surface area contributed by atoms with Gasteiger partial charge in [0.25, 0.3) is 0 Å². The Hall–Kier alpha value is -0.710. The molecule has 20 heavy (non-hydrogen) atoms. The van der Waals surface area contributed by atoms with E-state index in [1.807, 2.05) is 0 Å². The number of unbranched alkanes of at least 4 members (excludes halogenated alkanes) is 8. The van der Waals surface area contributed by atoms with Gasteiger partial charge in [0.2, 0.25) is 0 Å². The van der Waals surface area contributed by atoms with Crippen molar-refractivity contribution in [2.24, 2.45) is 0 Å². The monoisotopic (exact) mass is 304 g/mol. The second-order valence-electron chi connectivity index (χ2n) is 5.12. The van der Waals surface area contributed by atoms with E-state index in [9.17, 15) is 9.59 Å². The molecule has 0 saturated carbocycles. The van der Waals surface area contributed by atoms with Crippen LogP contribution in [0.25, 0.3) is 0 Å². The molecule has 2 N–H and O–H groups in total. The SMILES string of the molecule is CCCCCCCCCCCSC(CC(=O)O)C(=O)O. The molecule has 0 amide bonds. The van der Waals surface area contributed by atoms with E-state index in [-0.39, 0.29) is 6.42 Å². The summed E-state index contributed by atoms with van der Waals surface area (Å²) in [4.78, 5) is 21.4. The van der Waals surface area contributed by atoms with Crippen molar-refractivity contribution in [2.45, 2.75) is 76.4 Å². The maximum Gasteiger partial charge on any atom is 0.317 e. The zero-order valence-corrected chi connectivity index (χ0v) is 13.3. The fraction of sp³-hybridized carbons (Fsp3) is 0.867. The van der Waals surface area contributed by atoms with Crippen molar-refractivity contribution in [3.05, 3.63) is 0 Å². The topological polar surface area (TPSA) is 74.6 Å². The van der Waals surface area contributed by atoms with Gasteiger partial charge in [0, 0.05) is 0 Å². The highest BCUT2D eigenvalue weighted by molar-refractivity contribution is 8.00. The van der Waals surface area contributed by atoms with Crippen molar-refractivity contribution in [1.29, 1.82) is 0 Å². The van der Waals surface area contributed by atoms with E-state index in [4.69, 9.17) is 10.2 Å². The Morgan fingerprint density at radius 1 is 0.900 bits per heavy atom. The number of aliphatic carboxylic acids is 2. The highest BCUT2D eigenvalue weighted by Crippen LogP contribution is 2.18. The van der Waals surface area contributed by atoms with Crippen molar-refractivity contribution in [1.82, 2.24) is 0 Å². The van der Waals surface area contributed by atoms with Gasteiger partial charge in [-0.05, 0) is 12.2 Å². The third kappa shape index (κ3) is 12.3. The molecule has 0 aromatic rings. The fourth-order valence-corrected chi connectivity index (χ4v) is 3.07. The molecular formula is C15H28O4S. The molecule has 0 heterocycles. The molecule has 0 spiro atoms. The molecule has 0 saturated heterocycles. The van der Waals surface area contributed by atoms with E-state index < -0.39 is 17.2 Å². The van der Waals surface area contributed by atoms with Crippen LogP contribution in [-0.2, 0) is 9.59 Å². The highest BCUT2D eigenvalue weighted by Gasteiger charge is 2.20. The minimum atomic E-state index is -1.04. The Kier molecular flexibility index (Phi) is 12.8. The van der Waals surface area contributed by atoms with Crippen LogP contribution in [0.15, 0.2) is 0 Å². The van der Waals surface area contributed by atoms with Crippen LogP contribution in [-0.4, -0.2) is 33.2 Å². The summed E-state index contributed by atoms with van der Waals surface area (Å²) in [6.45, 7) is 2.21. The van der Waals surface area contributed by atoms with E-state index in [2.05, 4.69) is 6.92 Å². The van der Waals surface area contributed by atoms with Gasteiger partial charge in [-0.1, -0.05) is 58.3 Å². The summed E-state index contributed by atoms with van der Waals surface area (Å²) in [6.07, 6.45) is 10.8. The van der Waals surface area contributed by atoms with Crippen molar-refractivity contribution in [3.63, 3.8) is 0 Å². The van der Waals surface area contributed by atoms with Crippen LogP contribution in [0.3, 0.4) is 0 Å². The third-order valence-corrected chi connectivity index (χ3v) is 4.50. The maximum atomic E-state index is 10.8. The molecule has 0 radical (unpaired) electrons. The van der Waals surface area contributed by atoms with Crippen LogP contribution in [0.2, 0.25) is 0 Å². The van der Waals surface area contributed by atoms with E-state index in [0.29, 0.717) is 0 Å². The number of carbonyl (C=O) groups is 2. The first-order chi connectivity index (χ1) is 9.57. The molecule has 1 atom stereocenters. The molecule has 1 unspecified atom stereocenters. The molecule has 0 aliphatic carbocycles. The molecule has 0 fully saturated rings. The van der Waals surface area contributed by atoms with Crippen LogP contribution in [0.1, 0.15) is 71.1 Å². The van der Waals surface area contributed by atoms with Crippen LogP contribution in [0.4, 0.5) is 0 Å². The summed E-state index contributed by atoms with van der Waals surface area (Å²) in [6, 6.07) is 0. The van der Waals surface area contributed by atoms with E-state index in [1.165, 1.54) is 56.7 Å². The van der Waals surface area contributed by atoms with Gasteiger partial charge in [0.05, 0.1) is 6.42 Å². The van der Waals surface area contributed by atoms with Crippen LogP contribution < -0.4 is 0 Å². The normalized spacial score (nSPS) is 12.2. The van der Waals surface area contributed by atoms with Crippen molar-refractivity contribution >= 4 is 23.7 Å². The second kappa shape index (κ2) is 13.3. The fourth-order valence-electron chi connectivity index (χ4n) is 2.01. The summed E-state index contributed by atoms with van der Waals surface area (Å²) in [5.74, 6) is -1.33. The molecular weight excluding hydrogens is 276 g/mol. The standard InChI is InChI=1S/C15H28O4S/c1-2-3-4-5-6-7-8-9-10-11-20-13(15(18)19)12-14(16)17/h13H,2-12H2,1H3,(H,16,17)(H,18,19). The highest BCUT2D eigenvalue weighted by atomic mass is 32.2. The Bertz CT molecular complexity index is 269. The van der Waals surface area contributed by atoms with Crippen LogP contribution >= 0.6 is 11.8 Å². The van der Waals surface area contributed by atoms with Crippen LogP contribution in [0.5, 0.6) is 0 Å². The van der Waals surface area contributed by atoms with Gasteiger partial charge in [-0.2, -0.15) is 0 Å². The molecule has 4 nitrogen and oxygen atoms in total. The minimum Gasteiger partial charge on any atom is -0.481 e. The van der Waals surface area contributed by atoms with Crippen molar-refractivity contribution < 1.29 is 19.8 Å². The van der Waals surface area contributed by atoms with Crippen LogP contribution in [0, 0.1) is 0 Å². The summed E-state index contributed by atoms with van der Waals surface area (Å²) < 4.78 is 0. The Balaban J connectivity index is 3.41. The predicted molar refractivity (Wildman–Crippen MR) is 83.4 cm³/mol. The molecule has 0 aliphatic rings. The maximum absolute atomic E-state index is 10.8. The van der Waals surface area contributed by atoms with Gasteiger partial charge >= 0.3 is 11.9 Å². The number of hydrogen-bond donors (Lipinski definition) is 2. The number of carboxylic acids is 2. The van der Waals surface area contributed by atoms with E-state index in [1.54, 1.807) is 0 Å². The average molecular weight is 304 g/mol. The Labute approximate surface area is 126 Å². The smallest absolute Gasteiger partial charge is 0.317 e. The summed E-state index contributed by atoms with van der Waals surface area (Å²) in [5, 5.41) is 16.7. The first-order valence-corrected chi connectivity index (χ1v) is 8.69. The zero-order valence-electron chi connectivity index (χ0n) is 12.5. The second-order valence-corrected chi connectivity index (χ2v) is 6.43. The number of thioether (sulfide) groups is 1. The first-order valence-electron chi connectivity index (χ1n) is 7.64. The minimum absolute atomic E-state index is 0.294. The molecule has 0 aliphatic heterocycles. The quantitative estimate of drug-likeness (QED) is 0.471. The van der Waals surface area contributed by atoms with Gasteiger partial charge in [-0.3, -0.25) is 9.59 Å². The van der Waals surface area contributed by atoms with E-state index in [0.717, 1.165) is 18.6 Å². The lowest BCUT2D eigenvalue weighted by Crippen LogP contribution is -2.20. The van der Waals surface area contributed by atoms with Crippen molar-refractivity contribution in [2.75, 3.05) is 5.75 Å². The first kappa shape index (κ1) is 19.3. The lowest BCUT2D eigenvalue weighted by Gasteiger charge is -2.09.